The van der Waals surface area contributed by atoms with Crippen LogP contribution in [-0.2, 0) is 0 Å². The summed E-state index contributed by atoms with van der Waals surface area (Å²) in [5.41, 5.74) is 2.57. The molecule has 0 aliphatic carbocycles. The zero-order valence-electron chi connectivity index (χ0n) is 6.65. The minimum absolute atomic E-state index is 0.954. The maximum absolute atomic E-state index is 7.11. The van der Waals surface area contributed by atoms with Crippen LogP contribution in [-0.4, -0.2) is 31.3 Å². The van der Waals surface area contributed by atoms with E-state index in [-0.39, 0.29) is 0 Å². The highest BCUT2D eigenvalue weighted by molar-refractivity contribution is 5.77. The molecular weight excluding hydrogens is 124 g/mol. The fourth-order valence-corrected chi connectivity index (χ4v) is 1.19. The predicted octanol–water partition coefficient (Wildman–Crippen LogP) is 1.29. The van der Waals surface area contributed by atoms with Gasteiger partial charge in [-0.15, -0.1) is 0 Å². The third kappa shape index (κ3) is 1.45. The van der Waals surface area contributed by atoms with E-state index >= 15 is 0 Å². The molecule has 0 amide bonds. The van der Waals surface area contributed by atoms with Crippen LogP contribution in [0.4, 0.5) is 0 Å². The molecule has 56 valence electrons. The van der Waals surface area contributed by atoms with E-state index in [2.05, 4.69) is 18.9 Å². The van der Waals surface area contributed by atoms with E-state index < -0.39 is 0 Å². The van der Waals surface area contributed by atoms with Gasteiger partial charge >= 0.3 is 0 Å². The van der Waals surface area contributed by atoms with Crippen LogP contribution >= 0.6 is 0 Å². The van der Waals surface area contributed by atoms with Gasteiger partial charge in [-0.2, -0.15) is 0 Å². The number of rotatable bonds is 1. The first kappa shape index (κ1) is 7.48. The molecule has 1 heterocycles. The van der Waals surface area contributed by atoms with Gasteiger partial charge in [-0.1, -0.05) is 5.57 Å². The molecule has 2 heteroatoms. The van der Waals surface area contributed by atoms with Crippen LogP contribution in [0.3, 0.4) is 0 Å². The Balaban J connectivity index is 2.71. The Morgan fingerprint density at radius 3 is 2.80 bits per heavy atom. The largest absolute Gasteiger partial charge is 0.308 e. The second-order valence-corrected chi connectivity index (χ2v) is 2.94. The third-order valence-electron chi connectivity index (χ3n) is 2.03. The molecule has 0 saturated carbocycles. The fraction of sp³-hybridized carbons (Fsp3) is 0.625. The smallest absolute Gasteiger partial charge is 0.0245 e. The third-order valence-corrected chi connectivity index (χ3v) is 2.03. The second kappa shape index (κ2) is 2.97. The lowest BCUT2D eigenvalue weighted by Gasteiger charge is -2.23. The van der Waals surface area contributed by atoms with E-state index in [9.17, 15) is 0 Å². The number of nitrogens with one attached hydrogen (secondary N) is 1. The highest BCUT2D eigenvalue weighted by Gasteiger charge is 2.10. The number of hydrogen-bond acceptors (Lipinski definition) is 2. The molecule has 0 aromatic carbocycles. The molecule has 0 atom stereocenters. The molecule has 2 nitrogen and oxygen atoms in total. The summed E-state index contributed by atoms with van der Waals surface area (Å²) < 4.78 is 0. The van der Waals surface area contributed by atoms with Gasteiger partial charge in [0.05, 0.1) is 0 Å². The Bertz CT molecular complexity index is 170. The topological polar surface area (TPSA) is 27.1 Å². The summed E-state index contributed by atoms with van der Waals surface area (Å²) in [4.78, 5) is 2.24. The Labute approximate surface area is 62.0 Å². The van der Waals surface area contributed by atoms with Gasteiger partial charge < -0.3 is 10.3 Å². The van der Waals surface area contributed by atoms with Crippen LogP contribution < -0.4 is 0 Å². The van der Waals surface area contributed by atoms with Crippen LogP contribution in [0.2, 0.25) is 0 Å². The lowest BCUT2D eigenvalue weighted by atomic mass is 10.0. The second-order valence-electron chi connectivity index (χ2n) is 2.94. The monoisotopic (exact) mass is 138 g/mol. The summed E-state index contributed by atoms with van der Waals surface area (Å²) in [5.74, 6) is 0. The van der Waals surface area contributed by atoms with E-state index in [1.54, 1.807) is 0 Å². The molecule has 1 aliphatic rings. The van der Waals surface area contributed by atoms with Crippen molar-refractivity contribution in [2.24, 2.45) is 0 Å². The van der Waals surface area contributed by atoms with Crippen LogP contribution in [0, 0.1) is 5.41 Å². The van der Waals surface area contributed by atoms with Gasteiger partial charge in [0.2, 0.25) is 0 Å². The van der Waals surface area contributed by atoms with Gasteiger partial charge in [-0.3, -0.25) is 0 Å². The fourth-order valence-electron chi connectivity index (χ4n) is 1.19. The summed E-state index contributed by atoms with van der Waals surface area (Å²) in [6.45, 7) is 4.21. The van der Waals surface area contributed by atoms with Crippen molar-refractivity contribution in [1.29, 1.82) is 5.41 Å². The molecule has 0 aromatic heterocycles. The zero-order valence-corrected chi connectivity index (χ0v) is 6.65. The summed E-state index contributed by atoms with van der Waals surface area (Å²) in [6, 6.07) is 0. The zero-order chi connectivity index (χ0) is 7.56. The van der Waals surface area contributed by atoms with Crippen molar-refractivity contribution in [2.45, 2.75) is 13.3 Å². The Kier molecular flexibility index (Phi) is 2.22. The predicted molar refractivity (Wildman–Crippen MR) is 43.6 cm³/mol. The lowest BCUT2D eigenvalue weighted by Crippen LogP contribution is -2.27. The quantitative estimate of drug-likeness (QED) is 0.543. The van der Waals surface area contributed by atoms with Crippen molar-refractivity contribution in [3.63, 3.8) is 0 Å². The molecule has 0 saturated heterocycles. The van der Waals surface area contributed by atoms with Crippen molar-refractivity contribution >= 4 is 6.21 Å². The molecule has 10 heavy (non-hydrogen) atoms. The molecule has 1 aliphatic heterocycles. The minimum atomic E-state index is 0.954. The molecule has 0 unspecified atom stereocenters. The van der Waals surface area contributed by atoms with Crippen molar-refractivity contribution in [3.05, 3.63) is 11.1 Å². The summed E-state index contributed by atoms with van der Waals surface area (Å²) in [7, 11) is 2.09. The van der Waals surface area contributed by atoms with Gasteiger partial charge in [0.25, 0.3) is 0 Å². The van der Waals surface area contributed by atoms with Crippen LogP contribution in [0.1, 0.15) is 13.3 Å². The molecule has 1 rings (SSSR count). The minimum Gasteiger partial charge on any atom is -0.308 e. The average Bonchev–Trinajstić information content (AvgIpc) is 1.94. The van der Waals surface area contributed by atoms with Gasteiger partial charge in [-0.25, -0.2) is 0 Å². The molecule has 0 spiro atoms. The highest BCUT2D eigenvalue weighted by atomic mass is 15.1. The van der Waals surface area contributed by atoms with Crippen molar-refractivity contribution < 1.29 is 0 Å². The van der Waals surface area contributed by atoms with Gasteiger partial charge in [0.1, 0.15) is 0 Å². The lowest BCUT2D eigenvalue weighted by molar-refractivity contribution is 0.354. The Morgan fingerprint density at radius 1 is 1.60 bits per heavy atom. The van der Waals surface area contributed by atoms with Crippen LogP contribution in [0.25, 0.3) is 0 Å². The van der Waals surface area contributed by atoms with E-state index in [1.807, 2.05) is 0 Å². The average molecular weight is 138 g/mol. The normalized spacial score (nSPS) is 21.4. The Hall–Kier alpha value is -0.630. The van der Waals surface area contributed by atoms with Crippen molar-refractivity contribution in [3.8, 4) is 0 Å². The maximum atomic E-state index is 7.11. The first-order valence-electron chi connectivity index (χ1n) is 3.61. The highest BCUT2D eigenvalue weighted by Crippen LogP contribution is 2.13. The first-order valence-corrected chi connectivity index (χ1v) is 3.61. The molecule has 0 fully saturated rings. The van der Waals surface area contributed by atoms with Gasteiger partial charge in [-0.05, 0) is 26.0 Å². The summed E-state index contributed by atoms with van der Waals surface area (Å²) in [6.07, 6.45) is 2.60. The van der Waals surface area contributed by atoms with E-state index in [4.69, 9.17) is 5.41 Å². The first-order chi connectivity index (χ1) is 4.74. The van der Waals surface area contributed by atoms with Crippen molar-refractivity contribution in [2.75, 3.05) is 20.1 Å². The molecule has 0 aromatic rings. The van der Waals surface area contributed by atoms with Crippen molar-refractivity contribution in [1.82, 2.24) is 4.90 Å². The van der Waals surface area contributed by atoms with Crippen LogP contribution in [0.5, 0.6) is 0 Å². The number of nitrogens with zero attached hydrogens (tertiary/aromatic N) is 1. The maximum Gasteiger partial charge on any atom is 0.0245 e. The summed E-state index contributed by atoms with van der Waals surface area (Å²) >= 11 is 0. The van der Waals surface area contributed by atoms with E-state index in [1.165, 1.54) is 17.4 Å². The number of likely N-dealkylation sites (N-methyl/N-ethyl adjacent to an activating group) is 1. The molecule has 0 radical (unpaired) electrons. The van der Waals surface area contributed by atoms with Gasteiger partial charge in [0.15, 0.2) is 0 Å². The number of hydrogen-bond donors (Lipinski definition) is 1. The van der Waals surface area contributed by atoms with Crippen LogP contribution in [0.15, 0.2) is 11.1 Å². The summed E-state index contributed by atoms with van der Waals surface area (Å²) in [5, 5.41) is 7.11. The van der Waals surface area contributed by atoms with E-state index in [0.717, 1.165) is 19.5 Å². The van der Waals surface area contributed by atoms with Gasteiger partial charge in [0, 0.05) is 19.3 Å². The molecular formula is C8H14N2. The van der Waals surface area contributed by atoms with E-state index in [0.29, 0.717) is 0 Å². The molecule has 1 N–H and O–H groups in total. The Morgan fingerprint density at radius 2 is 2.30 bits per heavy atom. The SMILES string of the molecule is CC1=C(C=N)CN(C)CC1. The molecule has 0 bridgehead atoms. The standard InChI is InChI=1S/C8H14N2/c1-7-3-4-10(2)6-8(7)5-9/h5,9H,3-4,6H2,1-2H3.